The zero-order valence-electron chi connectivity index (χ0n) is 21.7. The topological polar surface area (TPSA) is 247 Å². The molecule has 0 spiro atoms. The molecule has 0 bridgehead atoms. The molecule has 14 heteroatoms. The third kappa shape index (κ3) is 4.85. The minimum absolute atomic E-state index is 0.0106. The van der Waals surface area contributed by atoms with Crippen molar-refractivity contribution < 1.29 is 70.1 Å². The van der Waals surface area contributed by atoms with Crippen molar-refractivity contribution >= 4 is 5.78 Å². The normalized spacial score (nSPS) is 36.9. The molecular formula is C27H32O14. The summed E-state index contributed by atoms with van der Waals surface area (Å²) in [6.07, 6.45) is -16.3. The molecule has 2 aliphatic heterocycles. The summed E-state index contributed by atoms with van der Waals surface area (Å²) in [6.45, 7) is 0.166. The van der Waals surface area contributed by atoms with Crippen molar-refractivity contribution in [3.05, 3.63) is 52.1 Å². The van der Waals surface area contributed by atoms with E-state index in [9.17, 15) is 55.9 Å². The molecule has 41 heavy (non-hydrogen) atoms. The smallest absolute Gasteiger partial charge is 0.229 e. The van der Waals surface area contributed by atoms with Gasteiger partial charge in [-0.3, -0.25) is 4.79 Å². The van der Waals surface area contributed by atoms with Crippen LogP contribution >= 0.6 is 0 Å². The number of carbonyl (C=O) groups excluding carboxylic acids is 1. The number of fused-ring (bicyclic) bond motifs is 2. The van der Waals surface area contributed by atoms with E-state index >= 15 is 0 Å². The van der Waals surface area contributed by atoms with Crippen molar-refractivity contribution in [2.24, 2.45) is 0 Å². The maximum atomic E-state index is 13.9. The van der Waals surface area contributed by atoms with Crippen molar-refractivity contribution in [1.29, 1.82) is 0 Å². The van der Waals surface area contributed by atoms with Gasteiger partial charge in [0.25, 0.3) is 0 Å². The molecule has 2 saturated heterocycles. The molecule has 0 saturated carbocycles. The number of aliphatic hydroxyl groups excluding tert-OH is 8. The van der Waals surface area contributed by atoms with Crippen LogP contribution in [0, 0.1) is 6.92 Å². The Labute approximate surface area is 232 Å². The molecule has 11 atom stereocenters. The predicted molar refractivity (Wildman–Crippen MR) is 134 cm³/mol. The Bertz CT molecular complexity index is 1310. The van der Waals surface area contributed by atoms with Crippen LogP contribution in [0.3, 0.4) is 0 Å². The molecule has 1 unspecified atom stereocenters. The number of aliphatic hydroxyl groups is 8. The fraction of sp³-hybridized carbons (Fsp3) is 0.519. The van der Waals surface area contributed by atoms with Gasteiger partial charge in [-0.2, -0.15) is 0 Å². The number of aryl methyl sites for hydroxylation is 1. The molecular weight excluding hydrogens is 548 g/mol. The number of carbonyl (C=O) groups is 1. The summed E-state index contributed by atoms with van der Waals surface area (Å²) < 4.78 is 17.0. The van der Waals surface area contributed by atoms with Gasteiger partial charge >= 0.3 is 0 Å². The lowest BCUT2D eigenvalue weighted by Crippen LogP contribution is -2.60. The molecule has 10 N–H and O–H groups in total. The average molecular weight is 581 g/mol. The first-order valence-electron chi connectivity index (χ1n) is 12.9. The van der Waals surface area contributed by atoms with Gasteiger partial charge in [-0.25, -0.2) is 0 Å². The molecule has 0 aromatic heterocycles. The molecule has 2 fully saturated rings. The largest absolute Gasteiger partial charge is 0.508 e. The van der Waals surface area contributed by atoms with Crippen LogP contribution in [0.15, 0.2) is 24.3 Å². The number of phenols is 2. The monoisotopic (exact) mass is 580 g/mol. The summed E-state index contributed by atoms with van der Waals surface area (Å²) >= 11 is 0. The SMILES string of the molecule is Cc1cc(O)c2c(c1)C([C@@H]1O[C@H](CO)[C@@H](O)[C@H](O)[C@H]1O)c1cc(O)cc(O[C@@H]3O[C@H](CO)[C@@H](O)[C@H](O)[C@H]3O)c1C2=O. The van der Waals surface area contributed by atoms with Gasteiger partial charge < -0.3 is 65.3 Å². The van der Waals surface area contributed by atoms with Gasteiger partial charge in [0, 0.05) is 12.0 Å². The lowest BCUT2D eigenvalue weighted by atomic mass is 9.71. The van der Waals surface area contributed by atoms with Gasteiger partial charge in [0.15, 0.2) is 0 Å². The van der Waals surface area contributed by atoms with Gasteiger partial charge in [0.1, 0.15) is 66.1 Å². The zero-order chi connectivity index (χ0) is 29.9. The zero-order valence-corrected chi connectivity index (χ0v) is 21.7. The highest BCUT2D eigenvalue weighted by Gasteiger charge is 2.51. The third-order valence-electron chi connectivity index (χ3n) is 7.88. The highest BCUT2D eigenvalue weighted by molar-refractivity contribution is 6.16. The molecule has 2 aromatic carbocycles. The van der Waals surface area contributed by atoms with Crippen LogP contribution in [0.4, 0.5) is 0 Å². The molecule has 0 amide bonds. The van der Waals surface area contributed by atoms with E-state index in [2.05, 4.69) is 0 Å². The van der Waals surface area contributed by atoms with E-state index in [0.717, 1.165) is 6.07 Å². The van der Waals surface area contributed by atoms with E-state index in [-0.39, 0.29) is 28.0 Å². The summed E-state index contributed by atoms with van der Waals surface area (Å²) in [4.78, 5) is 13.9. The first-order chi connectivity index (χ1) is 19.4. The van der Waals surface area contributed by atoms with Crippen LogP contribution in [0.2, 0.25) is 0 Å². The highest BCUT2D eigenvalue weighted by Crippen LogP contribution is 2.49. The van der Waals surface area contributed by atoms with Crippen molar-refractivity contribution in [2.45, 2.75) is 74.1 Å². The first kappa shape index (κ1) is 29.6. The maximum Gasteiger partial charge on any atom is 0.229 e. The Morgan fingerprint density at radius 2 is 1.32 bits per heavy atom. The molecule has 1 aliphatic carbocycles. The number of aromatic hydroxyl groups is 2. The average Bonchev–Trinajstić information content (AvgIpc) is 2.92. The molecule has 5 rings (SSSR count). The quantitative estimate of drug-likeness (QED) is 0.171. The number of hydrogen-bond donors (Lipinski definition) is 10. The van der Waals surface area contributed by atoms with Crippen LogP contribution in [0.25, 0.3) is 0 Å². The Hall–Kier alpha value is -2.89. The number of rotatable bonds is 5. The molecule has 3 aliphatic rings. The predicted octanol–water partition coefficient (Wildman–Crippen LogP) is -2.90. The third-order valence-corrected chi connectivity index (χ3v) is 7.88. The van der Waals surface area contributed by atoms with Crippen LogP contribution < -0.4 is 4.74 Å². The Balaban J connectivity index is 1.67. The van der Waals surface area contributed by atoms with Gasteiger partial charge in [-0.1, -0.05) is 6.07 Å². The summed E-state index contributed by atoms with van der Waals surface area (Å²) in [7, 11) is 0. The van der Waals surface area contributed by atoms with Crippen LogP contribution in [0.5, 0.6) is 17.2 Å². The summed E-state index contributed by atoms with van der Waals surface area (Å²) in [5.41, 5.74) is 0.220. The van der Waals surface area contributed by atoms with Crippen molar-refractivity contribution in [3.63, 3.8) is 0 Å². The Kier molecular flexibility index (Phi) is 7.99. The van der Waals surface area contributed by atoms with Crippen LogP contribution in [0.1, 0.15) is 38.5 Å². The second-order valence-electron chi connectivity index (χ2n) is 10.6. The van der Waals surface area contributed by atoms with E-state index in [0.29, 0.717) is 5.56 Å². The van der Waals surface area contributed by atoms with E-state index in [1.54, 1.807) is 13.0 Å². The maximum absolute atomic E-state index is 13.9. The van der Waals surface area contributed by atoms with Crippen molar-refractivity contribution in [2.75, 3.05) is 13.2 Å². The summed E-state index contributed by atoms with van der Waals surface area (Å²) in [6, 6.07) is 5.06. The fourth-order valence-electron chi connectivity index (χ4n) is 5.83. The van der Waals surface area contributed by atoms with Gasteiger partial charge in [0.05, 0.1) is 30.4 Å². The van der Waals surface area contributed by atoms with E-state index in [1.807, 2.05) is 0 Å². The van der Waals surface area contributed by atoms with Crippen molar-refractivity contribution in [1.82, 2.24) is 0 Å². The first-order valence-corrected chi connectivity index (χ1v) is 12.9. The number of benzene rings is 2. The van der Waals surface area contributed by atoms with E-state index in [4.69, 9.17) is 14.2 Å². The standard InChI is InChI=1S/C27H32O14/c1-8-2-10-16(26-24(37)22(35)19(32)14(6-28)39-26)11-4-9(30)5-13(18(11)21(34)17(10)12(31)3-8)40-27-25(38)23(36)20(33)15(7-29)41-27/h2-5,14-16,19-20,22-33,35-38H,6-7H2,1H3/t14-,15-,16?,19-,20-,22+,23+,24-,25-,26+,27-/m1/s1. The van der Waals surface area contributed by atoms with E-state index < -0.39 is 97.6 Å². The highest BCUT2D eigenvalue weighted by atomic mass is 16.7. The molecule has 14 nitrogen and oxygen atoms in total. The van der Waals surface area contributed by atoms with Gasteiger partial charge in [0.2, 0.25) is 12.1 Å². The summed E-state index contributed by atoms with van der Waals surface area (Å²) in [5.74, 6) is -3.23. The number of phenolic OH excluding ortho intramolecular Hbond substituents is 2. The van der Waals surface area contributed by atoms with Gasteiger partial charge in [-0.05, 0) is 35.7 Å². The lowest BCUT2D eigenvalue weighted by molar-refractivity contribution is -0.277. The number of hydrogen-bond acceptors (Lipinski definition) is 14. The molecule has 0 radical (unpaired) electrons. The molecule has 2 heterocycles. The van der Waals surface area contributed by atoms with Crippen LogP contribution in [-0.4, -0.2) is 131 Å². The Morgan fingerprint density at radius 3 is 1.95 bits per heavy atom. The summed E-state index contributed by atoms with van der Waals surface area (Å²) in [5, 5.41) is 103. The Morgan fingerprint density at radius 1 is 0.732 bits per heavy atom. The second-order valence-corrected chi connectivity index (χ2v) is 10.6. The minimum Gasteiger partial charge on any atom is -0.508 e. The van der Waals surface area contributed by atoms with Gasteiger partial charge in [-0.15, -0.1) is 0 Å². The van der Waals surface area contributed by atoms with Crippen LogP contribution in [-0.2, 0) is 9.47 Å². The minimum atomic E-state index is -1.85. The molecule has 2 aromatic rings. The number of ketones is 1. The van der Waals surface area contributed by atoms with Crippen molar-refractivity contribution in [3.8, 4) is 17.2 Å². The molecule has 224 valence electrons. The lowest BCUT2D eigenvalue weighted by Gasteiger charge is -2.45. The number of ether oxygens (including phenoxy) is 3. The fourth-order valence-corrected chi connectivity index (χ4v) is 5.83. The second kappa shape index (κ2) is 11.1. The van der Waals surface area contributed by atoms with E-state index in [1.165, 1.54) is 12.1 Å².